The van der Waals surface area contributed by atoms with Crippen LogP contribution in [0.1, 0.15) is 27.1 Å². The van der Waals surface area contributed by atoms with Crippen LogP contribution >= 0.6 is 0 Å². The SMILES string of the molecule is COc1ccc(NC(=O)CC(=O)c2ccccc2C(=O)Nc2ccccc2)cc1. The van der Waals surface area contributed by atoms with Crippen LogP contribution in [0.3, 0.4) is 0 Å². The molecule has 6 heteroatoms. The lowest BCUT2D eigenvalue weighted by atomic mass is 10.0. The van der Waals surface area contributed by atoms with Gasteiger partial charge in [0.25, 0.3) is 5.91 Å². The fraction of sp³-hybridized carbons (Fsp3) is 0.0870. The molecule has 0 fully saturated rings. The van der Waals surface area contributed by atoms with E-state index in [1.807, 2.05) is 6.07 Å². The highest BCUT2D eigenvalue weighted by Gasteiger charge is 2.19. The van der Waals surface area contributed by atoms with Crippen LogP contribution in [0.2, 0.25) is 0 Å². The minimum absolute atomic E-state index is 0.200. The number of ketones is 1. The van der Waals surface area contributed by atoms with Crippen molar-refractivity contribution < 1.29 is 19.1 Å². The van der Waals surface area contributed by atoms with Gasteiger partial charge in [0, 0.05) is 16.9 Å². The molecule has 0 saturated heterocycles. The highest BCUT2D eigenvalue weighted by Crippen LogP contribution is 2.17. The topological polar surface area (TPSA) is 84.5 Å². The molecule has 0 aliphatic carbocycles. The molecule has 29 heavy (non-hydrogen) atoms. The maximum atomic E-state index is 12.7. The Morgan fingerprint density at radius 2 is 1.31 bits per heavy atom. The van der Waals surface area contributed by atoms with Crippen molar-refractivity contribution >= 4 is 29.0 Å². The molecule has 3 aromatic rings. The predicted molar refractivity (Wildman–Crippen MR) is 111 cm³/mol. The fourth-order valence-corrected chi connectivity index (χ4v) is 2.76. The number of hydrogen-bond donors (Lipinski definition) is 2. The molecule has 0 saturated carbocycles. The van der Waals surface area contributed by atoms with Gasteiger partial charge in [-0.2, -0.15) is 0 Å². The Kier molecular flexibility index (Phi) is 6.37. The van der Waals surface area contributed by atoms with Crippen molar-refractivity contribution in [3.8, 4) is 5.75 Å². The van der Waals surface area contributed by atoms with E-state index in [1.54, 1.807) is 79.9 Å². The summed E-state index contributed by atoms with van der Waals surface area (Å²) >= 11 is 0. The van der Waals surface area contributed by atoms with Crippen molar-refractivity contribution in [2.45, 2.75) is 6.42 Å². The summed E-state index contributed by atoms with van der Waals surface area (Å²) < 4.78 is 5.07. The molecule has 2 amide bonds. The second kappa shape index (κ2) is 9.32. The zero-order chi connectivity index (χ0) is 20.6. The Balaban J connectivity index is 1.68. The van der Waals surface area contributed by atoms with E-state index in [4.69, 9.17) is 4.74 Å². The quantitative estimate of drug-likeness (QED) is 0.470. The van der Waals surface area contributed by atoms with Crippen LogP contribution in [-0.2, 0) is 4.79 Å². The van der Waals surface area contributed by atoms with Gasteiger partial charge < -0.3 is 15.4 Å². The smallest absolute Gasteiger partial charge is 0.256 e. The van der Waals surface area contributed by atoms with Gasteiger partial charge in [0.2, 0.25) is 5.91 Å². The normalized spacial score (nSPS) is 10.1. The summed E-state index contributed by atoms with van der Waals surface area (Å²) in [6, 6.07) is 22.2. The number of benzene rings is 3. The number of hydrogen-bond acceptors (Lipinski definition) is 4. The lowest BCUT2D eigenvalue weighted by Gasteiger charge is -2.10. The van der Waals surface area contributed by atoms with Gasteiger partial charge in [-0.3, -0.25) is 14.4 Å². The van der Waals surface area contributed by atoms with Gasteiger partial charge in [-0.25, -0.2) is 0 Å². The van der Waals surface area contributed by atoms with E-state index >= 15 is 0 Å². The number of anilines is 2. The van der Waals surface area contributed by atoms with Crippen LogP contribution in [0.5, 0.6) is 5.75 Å². The van der Waals surface area contributed by atoms with Crippen molar-refractivity contribution in [2.75, 3.05) is 17.7 Å². The van der Waals surface area contributed by atoms with Crippen molar-refractivity contribution in [3.05, 3.63) is 90.0 Å². The molecule has 3 rings (SSSR count). The summed E-state index contributed by atoms with van der Waals surface area (Å²) in [7, 11) is 1.55. The minimum Gasteiger partial charge on any atom is -0.497 e. The number of amides is 2. The third-order valence-corrected chi connectivity index (χ3v) is 4.20. The summed E-state index contributed by atoms with van der Waals surface area (Å²) in [4.78, 5) is 37.5. The van der Waals surface area contributed by atoms with E-state index in [2.05, 4.69) is 10.6 Å². The van der Waals surface area contributed by atoms with Crippen molar-refractivity contribution in [3.63, 3.8) is 0 Å². The molecule has 0 spiro atoms. The Labute approximate surface area is 168 Å². The van der Waals surface area contributed by atoms with E-state index in [0.717, 1.165) is 0 Å². The Morgan fingerprint density at radius 1 is 0.724 bits per heavy atom. The van der Waals surface area contributed by atoms with E-state index in [1.165, 1.54) is 0 Å². The number of rotatable bonds is 7. The van der Waals surface area contributed by atoms with Crippen LogP contribution in [0.15, 0.2) is 78.9 Å². The number of ether oxygens (including phenoxy) is 1. The third-order valence-electron chi connectivity index (χ3n) is 4.20. The van der Waals surface area contributed by atoms with Gasteiger partial charge in [0.1, 0.15) is 5.75 Å². The number of carbonyl (C=O) groups excluding carboxylic acids is 3. The molecule has 0 radical (unpaired) electrons. The molecular weight excluding hydrogens is 368 g/mol. The highest BCUT2D eigenvalue weighted by atomic mass is 16.5. The van der Waals surface area contributed by atoms with Gasteiger partial charge in [0.15, 0.2) is 5.78 Å². The van der Waals surface area contributed by atoms with Crippen LogP contribution < -0.4 is 15.4 Å². The van der Waals surface area contributed by atoms with Crippen molar-refractivity contribution in [2.24, 2.45) is 0 Å². The van der Waals surface area contributed by atoms with Crippen LogP contribution in [-0.4, -0.2) is 24.7 Å². The van der Waals surface area contributed by atoms with Gasteiger partial charge in [-0.15, -0.1) is 0 Å². The zero-order valence-electron chi connectivity index (χ0n) is 15.8. The largest absolute Gasteiger partial charge is 0.497 e. The van der Waals surface area contributed by atoms with Crippen molar-refractivity contribution in [1.82, 2.24) is 0 Å². The molecule has 0 aliphatic heterocycles. The fourth-order valence-electron chi connectivity index (χ4n) is 2.76. The van der Waals surface area contributed by atoms with Crippen LogP contribution in [0.25, 0.3) is 0 Å². The minimum atomic E-state index is -0.460. The van der Waals surface area contributed by atoms with Gasteiger partial charge in [-0.1, -0.05) is 36.4 Å². The van der Waals surface area contributed by atoms with Gasteiger partial charge in [-0.05, 0) is 42.5 Å². The summed E-state index contributed by atoms with van der Waals surface area (Å²) in [6.07, 6.45) is -0.373. The van der Waals surface area contributed by atoms with Gasteiger partial charge >= 0.3 is 0 Å². The van der Waals surface area contributed by atoms with E-state index in [-0.39, 0.29) is 17.5 Å². The average molecular weight is 388 g/mol. The molecule has 0 atom stereocenters. The van der Waals surface area contributed by atoms with E-state index in [9.17, 15) is 14.4 Å². The standard InChI is InChI=1S/C23H20N2O4/c1-29-18-13-11-17(12-14-18)24-22(27)15-21(26)19-9-5-6-10-20(19)23(28)25-16-7-3-2-4-8-16/h2-14H,15H2,1H3,(H,24,27)(H,25,28). The summed E-state index contributed by atoms with van der Waals surface area (Å²) in [5, 5.41) is 5.42. The molecule has 6 nitrogen and oxygen atoms in total. The molecular formula is C23H20N2O4. The first kappa shape index (κ1) is 19.8. The maximum Gasteiger partial charge on any atom is 0.256 e. The molecule has 146 valence electrons. The predicted octanol–water partition coefficient (Wildman–Crippen LogP) is 4.16. The number of carbonyl (C=O) groups is 3. The summed E-state index contributed by atoms with van der Waals surface area (Å²) in [5.74, 6) is -0.638. The monoisotopic (exact) mass is 388 g/mol. The molecule has 0 aromatic heterocycles. The lowest BCUT2D eigenvalue weighted by Crippen LogP contribution is -2.20. The molecule has 0 bridgehead atoms. The molecule has 0 heterocycles. The molecule has 3 aromatic carbocycles. The second-order valence-electron chi connectivity index (χ2n) is 6.24. The molecule has 0 aliphatic rings. The maximum absolute atomic E-state index is 12.7. The highest BCUT2D eigenvalue weighted by molar-refractivity contribution is 6.17. The second-order valence-corrected chi connectivity index (χ2v) is 6.24. The van der Waals surface area contributed by atoms with Crippen molar-refractivity contribution in [1.29, 1.82) is 0 Å². The first-order chi connectivity index (χ1) is 14.1. The number of methoxy groups -OCH3 is 1. The number of para-hydroxylation sites is 1. The summed E-state index contributed by atoms with van der Waals surface area (Å²) in [6.45, 7) is 0. The third kappa shape index (κ3) is 5.29. The van der Waals surface area contributed by atoms with E-state index in [0.29, 0.717) is 17.1 Å². The van der Waals surface area contributed by atoms with Gasteiger partial charge in [0.05, 0.1) is 19.1 Å². The molecule has 2 N–H and O–H groups in total. The first-order valence-corrected chi connectivity index (χ1v) is 8.99. The van der Waals surface area contributed by atoms with Crippen LogP contribution in [0, 0.1) is 0 Å². The average Bonchev–Trinajstić information content (AvgIpc) is 2.75. The Hall–Kier alpha value is -3.93. The molecule has 0 unspecified atom stereocenters. The zero-order valence-corrected chi connectivity index (χ0v) is 15.8. The Morgan fingerprint density at radius 3 is 1.97 bits per heavy atom. The Bertz CT molecular complexity index is 1010. The van der Waals surface area contributed by atoms with E-state index < -0.39 is 17.6 Å². The summed E-state index contributed by atoms with van der Waals surface area (Å²) in [5.41, 5.74) is 1.60. The number of Topliss-reactive ketones (excluding diaryl/α,β-unsaturated/α-hetero) is 1. The first-order valence-electron chi connectivity index (χ1n) is 8.99. The van der Waals surface area contributed by atoms with Crippen LogP contribution in [0.4, 0.5) is 11.4 Å². The lowest BCUT2D eigenvalue weighted by molar-refractivity contribution is -0.115. The number of nitrogens with one attached hydrogen (secondary N) is 2.